The van der Waals surface area contributed by atoms with Gasteiger partial charge in [0.05, 0.1) is 10.7 Å². The van der Waals surface area contributed by atoms with Gasteiger partial charge in [0, 0.05) is 39.3 Å². The molecule has 6 heteroatoms. The van der Waals surface area contributed by atoms with E-state index in [-0.39, 0.29) is 5.91 Å². The minimum Gasteiger partial charge on any atom is -0.395 e. The molecule has 1 aliphatic rings. The predicted molar refractivity (Wildman–Crippen MR) is 68.1 cm³/mol. The molecule has 1 amide bonds. The molecule has 2 heterocycles. The van der Waals surface area contributed by atoms with Crippen molar-refractivity contribution in [3.05, 3.63) is 17.3 Å². The van der Waals surface area contributed by atoms with Crippen molar-refractivity contribution < 1.29 is 4.79 Å². The van der Waals surface area contributed by atoms with Crippen molar-refractivity contribution in [3.8, 4) is 0 Å². The Morgan fingerprint density at radius 3 is 2.65 bits per heavy atom. The number of carbonyl (C=O) groups excluding carboxylic acids is 1. The van der Waals surface area contributed by atoms with Crippen LogP contribution < -0.4 is 10.6 Å². The first-order valence-corrected chi connectivity index (χ1v) is 5.88. The largest absolute Gasteiger partial charge is 0.395 e. The fraction of sp³-hybridized carbons (Fsp3) is 0.455. The summed E-state index contributed by atoms with van der Waals surface area (Å²) in [7, 11) is 0. The van der Waals surface area contributed by atoms with Gasteiger partial charge >= 0.3 is 0 Å². The van der Waals surface area contributed by atoms with Gasteiger partial charge < -0.3 is 15.5 Å². The molecule has 0 spiro atoms. The summed E-state index contributed by atoms with van der Waals surface area (Å²) in [5.74, 6) is 0.817. The lowest BCUT2D eigenvalue weighted by molar-refractivity contribution is -0.129. The molecule has 1 fully saturated rings. The summed E-state index contributed by atoms with van der Waals surface area (Å²) in [4.78, 5) is 19.3. The van der Waals surface area contributed by atoms with E-state index < -0.39 is 0 Å². The first-order valence-electron chi connectivity index (χ1n) is 5.50. The van der Waals surface area contributed by atoms with Crippen molar-refractivity contribution in [2.75, 3.05) is 36.8 Å². The van der Waals surface area contributed by atoms with Crippen molar-refractivity contribution >= 4 is 29.0 Å². The molecule has 0 saturated carbocycles. The van der Waals surface area contributed by atoms with Gasteiger partial charge in [0.25, 0.3) is 0 Å². The number of amides is 1. The van der Waals surface area contributed by atoms with Crippen molar-refractivity contribution in [3.63, 3.8) is 0 Å². The van der Waals surface area contributed by atoms with E-state index in [0.717, 1.165) is 13.1 Å². The lowest BCUT2D eigenvalue weighted by atomic mass is 10.3. The fourth-order valence-electron chi connectivity index (χ4n) is 1.92. The highest BCUT2D eigenvalue weighted by molar-refractivity contribution is 6.33. The second-order valence-corrected chi connectivity index (χ2v) is 4.43. The number of nitrogen functional groups attached to an aromatic ring is 1. The lowest BCUT2D eigenvalue weighted by Crippen LogP contribution is -2.48. The molecule has 0 atom stereocenters. The number of hydrogen-bond acceptors (Lipinski definition) is 4. The van der Waals surface area contributed by atoms with Crippen LogP contribution in [0.25, 0.3) is 0 Å². The van der Waals surface area contributed by atoms with Crippen molar-refractivity contribution in [1.29, 1.82) is 0 Å². The zero-order valence-electron chi connectivity index (χ0n) is 9.69. The average Bonchev–Trinajstić information content (AvgIpc) is 2.33. The summed E-state index contributed by atoms with van der Waals surface area (Å²) in [6.07, 6.45) is 1.64. The molecule has 17 heavy (non-hydrogen) atoms. The zero-order chi connectivity index (χ0) is 12.4. The number of nitrogens with zero attached hydrogens (tertiary/aromatic N) is 3. The van der Waals surface area contributed by atoms with Gasteiger partial charge in [-0.25, -0.2) is 4.98 Å². The molecule has 0 bridgehead atoms. The quantitative estimate of drug-likeness (QED) is 0.812. The smallest absolute Gasteiger partial charge is 0.219 e. The third kappa shape index (κ3) is 2.44. The van der Waals surface area contributed by atoms with Gasteiger partial charge in [0.2, 0.25) is 5.91 Å². The van der Waals surface area contributed by atoms with E-state index in [1.165, 1.54) is 0 Å². The molecular formula is C11H15ClN4O. The number of hydrogen-bond donors (Lipinski definition) is 1. The topological polar surface area (TPSA) is 62.5 Å². The molecule has 0 unspecified atom stereocenters. The highest BCUT2D eigenvalue weighted by Gasteiger charge is 2.21. The molecule has 0 aromatic carbocycles. The Balaban J connectivity index is 2.10. The van der Waals surface area contributed by atoms with E-state index in [1.54, 1.807) is 19.2 Å². The highest BCUT2D eigenvalue weighted by atomic mass is 35.5. The summed E-state index contributed by atoms with van der Waals surface area (Å²) >= 11 is 5.96. The Morgan fingerprint density at radius 1 is 1.41 bits per heavy atom. The molecule has 92 valence electrons. The molecule has 1 aliphatic heterocycles. The van der Waals surface area contributed by atoms with Crippen LogP contribution >= 0.6 is 11.6 Å². The van der Waals surface area contributed by atoms with E-state index >= 15 is 0 Å². The standard InChI is InChI=1S/C11H15ClN4O/c1-8(17)15-4-6-16(7-5-15)11-10(13)9(12)2-3-14-11/h2-3H,4-7,13H2,1H3. The van der Waals surface area contributed by atoms with Gasteiger partial charge in [0.1, 0.15) is 0 Å². The third-order valence-electron chi connectivity index (χ3n) is 2.94. The van der Waals surface area contributed by atoms with Crippen LogP contribution in [0.5, 0.6) is 0 Å². The van der Waals surface area contributed by atoms with E-state index in [0.29, 0.717) is 29.6 Å². The molecule has 1 saturated heterocycles. The van der Waals surface area contributed by atoms with Crippen LogP contribution in [-0.2, 0) is 4.79 Å². The number of pyridine rings is 1. The minimum atomic E-state index is 0.108. The second kappa shape index (κ2) is 4.79. The number of piperazine rings is 1. The monoisotopic (exact) mass is 254 g/mol. The van der Waals surface area contributed by atoms with Crippen LogP contribution in [0, 0.1) is 0 Å². The van der Waals surface area contributed by atoms with Crippen LogP contribution in [0.1, 0.15) is 6.92 Å². The lowest BCUT2D eigenvalue weighted by Gasteiger charge is -2.35. The third-order valence-corrected chi connectivity index (χ3v) is 3.27. The number of aromatic nitrogens is 1. The molecule has 2 rings (SSSR count). The van der Waals surface area contributed by atoms with Crippen LogP contribution in [-0.4, -0.2) is 42.0 Å². The summed E-state index contributed by atoms with van der Waals surface area (Å²) < 4.78 is 0. The van der Waals surface area contributed by atoms with Crippen LogP contribution in [0.15, 0.2) is 12.3 Å². The summed E-state index contributed by atoms with van der Waals surface area (Å²) in [6, 6.07) is 1.67. The van der Waals surface area contributed by atoms with Crippen molar-refractivity contribution in [2.24, 2.45) is 0 Å². The van der Waals surface area contributed by atoms with Gasteiger partial charge in [-0.15, -0.1) is 0 Å². The molecular weight excluding hydrogens is 240 g/mol. The van der Waals surface area contributed by atoms with E-state index in [2.05, 4.69) is 9.88 Å². The molecule has 1 aromatic heterocycles. The summed E-state index contributed by atoms with van der Waals surface area (Å²) in [5.41, 5.74) is 6.40. The maximum absolute atomic E-state index is 11.2. The first kappa shape index (κ1) is 12.0. The minimum absolute atomic E-state index is 0.108. The molecule has 5 nitrogen and oxygen atoms in total. The zero-order valence-corrected chi connectivity index (χ0v) is 10.4. The number of rotatable bonds is 1. The van der Waals surface area contributed by atoms with E-state index in [4.69, 9.17) is 17.3 Å². The van der Waals surface area contributed by atoms with Gasteiger partial charge in [0.15, 0.2) is 5.82 Å². The number of carbonyl (C=O) groups is 1. The number of nitrogens with two attached hydrogens (primary N) is 1. The number of halogens is 1. The second-order valence-electron chi connectivity index (χ2n) is 4.02. The maximum Gasteiger partial charge on any atom is 0.219 e. The van der Waals surface area contributed by atoms with Gasteiger partial charge in [-0.2, -0.15) is 0 Å². The van der Waals surface area contributed by atoms with Crippen LogP contribution in [0.4, 0.5) is 11.5 Å². The molecule has 2 N–H and O–H groups in total. The summed E-state index contributed by atoms with van der Waals surface area (Å²) in [5, 5.41) is 0.518. The predicted octanol–water partition coefficient (Wildman–Crippen LogP) is 0.986. The van der Waals surface area contributed by atoms with Crippen LogP contribution in [0.3, 0.4) is 0 Å². The number of anilines is 2. The SMILES string of the molecule is CC(=O)N1CCN(c2nccc(Cl)c2N)CC1. The average molecular weight is 255 g/mol. The van der Waals surface area contributed by atoms with E-state index in [1.807, 2.05) is 4.90 Å². The Bertz CT molecular complexity index is 429. The Labute approximate surface area is 105 Å². The molecule has 0 aliphatic carbocycles. The summed E-state index contributed by atoms with van der Waals surface area (Å²) in [6.45, 7) is 4.45. The normalized spacial score (nSPS) is 16.1. The highest BCUT2D eigenvalue weighted by Crippen LogP contribution is 2.28. The Morgan fingerprint density at radius 2 is 2.06 bits per heavy atom. The van der Waals surface area contributed by atoms with Crippen LogP contribution in [0.2, 0.25) is 5.02 Å². The van der Waals surface area contributed by atoms with Gasteiger partial charge in [-0.1, -0.05) is 11.6 Å². The van der Waals surface area contributed by atoms with Gasteiger partial charge in [-0.3, -0.25) is 4.79 Å². The maximum atomic E-state index is 11.2. The first-order chi connectivity index (χ1) is 8.09. The van der Waals surface area contributed by atoms with Gasteiger partial charge in [-0.05, 0) is 6.07 Å². The Kier molecular flexibility index (Phi) is 3.38. The molecule has 0 radical (unpaired) electrons. The molecule has 1 aromatic rings. The van der Waals surface area contributed by atoms with E-state index in [9.17, 15) is 4.79 Å². The fourth-order valence-corrected chi connectivity index (χ4v) is 2.07. The Hall–Kier alpha value is -1.49. The van der Waals surface area contributed by atoms with Crippen molar-refractivity contribution in [2.45, 2.75) is 6.92 Å². The van der Waals surface area contributed by atoms with Crippen molar-refractivity contribution in [1.82, 2.24) is 9.88 Å².